The van der Waals surface area contributed by atoms with Crippen LogP contribution in [0.3, 0.4) is 0 Å². The van der Waals surface area contributed by atoms with Crippen molar-refractivity contribution < 1.29 is 40.9 Å². The van der Waals surface area contributed by atoms with Gasteiger partial charge in [0.05, 0.1) is 0 Å². The van der Waals surface area contributed by atoms with Crippen LogP contribution in [0, 0.1) is 5.92 Å². The molecule has 0 spiro atoms. The van der Waals surface area contributed by atoms with E-state index in [0.29, 0.717) is 0 Å². The van der Waals surface area contributed by atoms with Crippen molar-refractivity contribution >= 4 is 11.9 Å². The maximum Gasteiger partial charge on any atom is 4.00 e. The van der Waals surface area contributed by atoms with Crippen molar-refractivity contribution in [1.82, 2.24) is 0 Å². The second-order valence-electron chi connectivity index (χ2n) is 1.36. The minimum absolute atomic E-state index is 0. The van der Waals surface area contributed by atoms with Gasteiger partial charge in [-0.1, -0.05) is 6.92 Å². The third kappa shape index (κ3) is 9.55. The van der Waals surface area contributed by atoms with E-state index in [1.807, 2.05) is 0 Å². The molecule has 0 aromatic rings. The van der Waals surface area contributed by atoms with E-state index < -0.39 is 17.9 Å². The predicted octanol–water partition coefficient (Wildman–Crippen LogP) is -1.45. The second kappa shape index (κ2) is 9.55. The summed E-state index contributed by atoms with van der Waals surface area (Å²) in [6, 6.07) is 0. The molecule has 0 radical (unpaired) electrons. The van der Waals surface area contributed by atoms with Gasteiger partial charge in [-0.2, -0.15) is 0 Å². The maximum atomic E-state index is 9.61. The average molecular weight is 343 g/mol. The largest absolute Gasteiger partial charge is 4.00 e. The van der Waals surface area contributed by atoms with Gasteiger partial charge in [0.1, 0.15) is 0 Å². The Morgan fingerprint density at radius 3 is 1.27 bits per heavy atom. The molecule has 0 aliphatic rings. The van der Waals surface area contributed by atoms with Crippen LogP contribution in [-0.4, -0.2) is 11.9 Å². The van der Waals surface area contributed by atoms with Crippen LogP contribution in [0.4, 0.5) is 0 Å². The number of carbonyl (C=O) groups is 2. The molecule has 0 saturated heterocycles. The van der Waals surface area contributed by atoms with Crippen LogP contribution >= 0.6 is 0 Å². The molecular weight excluding hydrogens is 335 g/mol. The molecule has 0 unspecified atom stereocenters. The molecule has 0 aromatic carbocycles. The van der Waals surface area contributed by atoms with E-state index in [1.165, 1.54) is 0 Å². The molecule has 0 atom stereocenters. The third-order valence-electron chi connectivity index (χ3n) is 0.707. The summed E-state index contributed by atoms with van der Waals surface area (Å²) in [6.07, 6.45) is 0. The normalized spacial score (nSPS) is 6.73. The minimum Gasteiger partial charge on any atom is -0.693 e. The van der Waals surface area contributed by atoms with Crippen LogP contribution in [0.1, 0.15) is 6.92 Å². The van der Waals surface area contributed by atoms with E-state index >= 15 is 0 Å². The Labute approximate surface area is 78.4 Å². The van der Waals surface area contributed by atoms with Gasteiger partial charge in [0, 0.05) is 17.9 Å². The van der Waals surface area contributed by atoms with E-state index in [-0.39, 0.29) is 33.4 Å². The van der Waals surface area contributed by atoms with E-state index in [2.05, 4.69) is 0 Å². The standard InChI is InChI=1S/C4H6O4.2H2N.Pt/c1-2(3(5)6)4(7)8;;;/h2H,1H3,(H,5,6)(H,7,8);2*1H2;/q;2*-1;+4/p-2. The molecule has 4 N–H and O–H groups in total. The van der Waals surface area contributed by atoms with Gasteiger partial charge in [0.2, 0.25) is 0 Å². The summed E-state index contributed by atoms with van der Waals surface area (Å²) in [5.74, 6) is -4.76. The molecule has 0 aliphatic carbocycles. The first-order chi connectivity index (χ1) is 3.55. The number of hydrogen-bond donors (Lipinski definition) is 0. The van der Waals surface area contributed by atoms with Gasteiger partial charge in [-0.25, -0.2) is 0 Å². The fourth-order valence-electron chi connectivity index (χ4n) is 0.0962. The van der Waals surface area contributed by atoms with Crippen molar-refractivity contribution in [2.75, 3.05) is 0 Å². The summed E-state index contributed by atoms with van der Waals surface area (Å²) < 4.78 is 0. The topological polar surface area (TPSA) is 147 Å². The summed E-state index contributed by atoms with van der Waals surface area (Å²) in [5.41, 5.74) is 0. The van der Waals surface area contributed by atoms with E-state index in [1.54, 1.807) is 0 Å². The fraction of sp³-hybridized carbons (Fsp3) is 0.500. The second-order valence-corrected chi connectivity index (χ2v) is 1.36. The van der Waals surface area contributed by atoms with Crippen LogP contribution in [0.25, 0.3) is 12.3 Å². The number of hydrogen-bond acceptors (Lipinski definition) is 4. The zero-order valence-electron chi connectivity index (χ0n) is 5.68. The molecule has 11 heavy (non-hydrogen) atoms. The number of carboxylic acids is 2. The quantitative estimate of drug-likeness (QED) is 0.564. The molecule has 68 valence electrons. The smallest absolute Gasteiger partial charge is 0.693 e. The molecule has 0 aliphatic heterocycles. The Kier molecular flexibility index (Phi) is 19.5. The summed E-state index contributed by atoms with van der Waals surface area (Å²) in [6.45, 7) is 0.991. The SMILES string of the molecule is CC(C(=O)[O-])C(=O)[O-].[NH2-].[NH2-].[Pt+4]. The first kappa shape index (κ1) is 22.4. The fourth-order valence-corrected chi connectivity index (χ4v) is 0.0962. The van der Waals surface area contributed by atoms with Crippen molar-refractivity contribution in [3.63, 3.8) is 0 Å². The van der Waals surface area contributed by atoms with Crippen molar-refractivity contribution in [3.8, 4) is 0 Å². The van der Waals surface area contributed by atoms with E-state index in [9.17, 15) is 19.8 Å². The van der Waals surface area contributed by atoms with Gasteiger partial charge in [0.15, 0.2) is 0 Å². The maximum absolute atomic E-state index is 9.61. The Hall–Kier alpha value is -0.452. The molecule has 0 amide bonds. The number of rotatable bonds is 2. The van der Waals surface area contributed by atoms with Crippen molar-refractivity contribution in [2.45, 2.75) is 6.92 Å². The number of carbonyl (C=O) groups excluding carboxylic acids is 2. The molecule has 6 nitrogen and oxygen atoms in total. The molecule has 7 heteroatoms. The zero-order chi connectivity index (χ0) is 6.73. The van der Waals surface area contributed by atoms with Gasteiger partial charge in [-0.05, 0) is 0 Å². The van der Waals surface area contributed by atoms with Gasteiger partial charge in [0.25, 0.3) is 0 Å². The summed E-state index contributed by atoms with van der Waals surface area (Å²) in [4.78, 5) is 19.2. The summed E-state index contributed by atoms with van der Waals surface area (Å²) in [7, 11) is 0. The molecule has 0 saturated carbocycles. The molecule has 0 fully saturated rings. The molecule has 0 aromatic heterocycles. The van der Waals surface area contributed by atoms with Crippen LogP contribution in [0.5, 0.6) is 0 Å². The Balaban J connectivity index is -0.0000000817. The first-order valence-corrected chi connectivity index (χ1v) is 1.97. The number of aliphatic carboxylic acids is 2. The van der Waals surface area contributed by atoms with Crippen LogP contribution in [0.15, 0.2) is 0 Å². The van der Waals surface area contributed by atoms with Crippen LogP contribution in [-0.2, 0) is 30.7 Å². The minimum atomic E-state index is -1.62. The number of nitrogens with two attached hydrogens (primary N) is 2. The number of carboxylic acid groups (broad SMARTS) is 2. The van der Waals surface area contributed by atoms with Gasteiger partial charge < -0.3 is 32.1 Å². The molecule has 0 heterocycles. The first-order valence-electron chi connectivity index (χ1n) is 1.97. The van der Waals surface area contributed by atoms with E-state index in [4.69, 9.17) is 0 Å². The van der Waals surface area contributed by atoms with Gasteiger partial charge in [-0.15, -0.1) is 0 Å². The van der Waals surface area contributed by atoms with E-state index in [0.717, 1.165) is 6.92 Å². The van der Waals surface area contributed by atoms with Crippen molar-refractivity contribution in [1.29, 1.82) is 0 Å². The predicted molar refractivity (Wildman–Crippen MR) is 29.7 cm³/mol. The van der Waals surface area contributed by atoms with Crippen LogP contribution < -0.4 is 10.2 Å². The van der Waals surface area contributed by atoms with Gasteiger partial charge >= 0.3 is 21.1 Å². The molecule has 0 rings (SSSR count). The Morgan fingerprint density at radius 2 is 1.27 bits per heavy atom. The Morgan fingerprint density at radius 1 is 1.09 bits per heavy atom. The molecule has 0 bridgehead atoms. The molecular formula is C4H8N2O4Pt. The average Bonchev–Trinajstić information content (AvgIpc) is 1.64. The summed E-state index contributed by atoms with van der Waals surface area (Å²) >= 11 is 0. The summed E-state index contributed by atoms with van der Waals surface area (Å²) in [5, 5.41) is 19.2. The monoisotopic (exact) mass is 343 g/mol. The van der Waals surface area contributed by atoms with Gasteiger partial charge in [-0.3, -0.25) is 0 Å². The van der Waals surface area contributed by atoms with Crippen LogP contribution in [0.2, 0.25) is 0 Å². The Bertz CT molecular complexity index is 115. The van der Waals surface area contributed by atoms with Crippen molar-refractivity contribution in [3.05, 3.63) is 12.3 Å². The zero-order valence-corrected chi connectivity index (χ0v) is 7.95. The third-order valence-corrected chi connectivity index (χ3v) is 0.707. The van der Waals surface area contributed by atoms with Crippen molar-refractivity contribution in [2.24, 2.45) is 5.92 Å².